The summed E-state index contributed by atoms with van der Waals surface area (Å²) in [5.41, 5.74) is 4.40. The molecule has 0 bridgehead atoms. The lowest BCUT2D eigenvalue weighted by atomic mass is 9.94. The third-order valence-electron chi connectivity index (χ3n) is 10.9. The van der Waals surface area contributed by atoms with Crippen molar-refractivity contribution in [3.63, 3.8) is 0 Å². The van der Waals surface area contributed by atoms with Crippen molar-refractivity contribution in [1.82, 2.24) is 29.5 Å². The van der Waals surface area contributed by atoms with Gasteiger partial charge in [-0.1, -0.05) is 84.1 Å². The smallest absolute Gasteiger partial charge is 0.244 e. The number of nitrogens with one attached hydrogen (secondary N) is 1. The highest BCUT2D eigenvalue weighted by Gasteiger charge is 2.37. The zero-order valence-corrected chi connectivity index (χ0v) is 37.6. The fraction of sp³-hybridized carbons (Fsp3) is 0.208. The number of sulfonamides is 1. The number of benzene rings is 6. The summed E-state index contributed by atoms with van der Waals surface area (Å²) in [6.07, 6.45) is -2.11. The van der Waals surface area contributed by atoms with Gasteiger partial charge in [-0.2, -0.15) is 4.31 Å². The quantitative estimate of drug-likeness (QED) is 0.0795. The number of nitrogens with zero attached hydrogens (tertiary/aromatic N) is 6. The number of hydrogen-bond donors (Lipinski definition) is 2. The van der Waals surface area contributed by atoms with E-state index in [-0.39, 0.29) is 36.6 Å². The van der Waals surface area contributed by atoms with Gasteiger partial charge in [-0.25, -0.2) is 22.5 Å². The molecule has 334 valence electrons. The molecule has 8 aromatic rings. The van der Waals surface area contributed by atoms with Crippen molar-refractivity contribution in [3.8, 4) is 45.5 Å². The molecule has 14 nitrogen and oxygen atoms in total. The van der Waals surface area contributed by atoms with Crippen LogP contribution in [-0.4, -0.2) is 78.1 Å². The fourth-order valence-corrected chi connectivity index (χ4v) is 10.2. The van der Waals surface area contributed by atoms with Gasteiger partial charge in [0.2, 0.25) is 10.0 Å². The molecule has 2 N–H and O–H groups in total. The molecule has 0 amide bonds. The van der Waals surface area contributed by atoms with Crippen molar-refractivity contribution in [3.05, 3.63) is 155 Å². The number of thiazole rings is 1. The van der Waals surface area contributed by atoms with E-state index in [1.54, 1.807) is 95.2 Å². The van der Waals surface area contributed by atoms with Crippen molar-refractivity contribution in [2.24, 2.45) is 0 Å². The van der Waals surface area contributed by atoms with Crippen molar-refractivity contribution in [1.29, 1.82) is 0 Å². The van der Waals surface area contributed by atoms with Crippen molar-refractivity contribution >= 4 is 36.7 Å². The van der Waals surface area contributed by atoms with Crippen LogP contribution in [0.3, 0.4) is 0 Å². The number of methoxy groups -OCH3 is 4. The minimum absolute atomic E-state index is 0.0415. The number of rotatable bonds is 19. The Morgan fingerprint density at radius 1 is 0.708 bits per heavy atom. The summed E-state index contributed by atoms with van der Waals surface area (Å²) in [5.74, 6) is 2.64. The average Bonchev–Trinajstić information content (AvgIpc) is 4.00. The zero-order chi connectivity index (χ0) is 45.5. The number of aromatic nitrogens is 5. The van der Waals surface area contributed by atoms with E-state index < -0.39 is 27.7 Å². The maximum absolute atomic E-state index is 16.5. The highest BCUT2D eigenvalue weighted by molar-refractivity contribution is 7.89. The van der Waals surface area contributed by atoms with Gasteiger partial charge in [0, 0.05) is 36.3 Å². The maximum Gasteiger partial charge on any atom is 0.244 e. The van der Waals surface area contributed by atoms with Crippen LogP contribution in [0.25, 0.3) is 32.7 Å². The maximum atomic E-state index is 16.5. The summed E-state index contributed by atoms with van der Waals surface area (Å²) in [4.78, 5) is 4.63. The van der Waals surface area contributed by atoms with Gasteiger partial charge in [0.15, 0.2) is 11.0 Å². The van der Waals surface area contributed by atoms with E-state index in [1.165, 1.54) is 26.4 Å². The first-order valence-electron chi connectivity index (χ1n) is 20.5. The molecule has 17 heteroatoms. The number of aliphatic hydroxyl groups excluding tert-OH is 1. The van der Waals surface area contributed by atoms with E-state index in [2.05, 4.69) is 20.8 Å². The normalized spacial score (nSPS) is 12.0. The summed E-state index contributed by atoms with van der Waals surface area (Å²) in [7, 11) is 1.56. The predicted octanol–water partition coefficient (Wildman–Crippen LogP) is 8.71. The molecule has 6 aromatic carbocycles. The van der Waals surface area contributed by atoms with Crippen LogP contribution in [0.15, 0.2) is 132 Å². The van der Waals surface area contributed by atoms with Gasteiger partial charge in [-0.05, 0) is 92.8 Å². The SMILES string of the molecule is COc1ccc(CNc2nc3c(-c4ccc(C(F)CO)c(S(=O)(=O)N(Cc5ccc(OC)cc5)Cc5ccc(OC)cc5)c4-c4nnnn4Cc4ccc(OC)cc4)cccc3s2)cc1. The molecular weight excluding hydrogens is 870 g/mol. The molecule has 8 rings (SSSR count). The molecular formula is C48H46FN7O7S2. The van der Waals surface area contributed by atoms with Gasteiger partial charge in [0.05, 0.1) is 51.8 Å². The van der Waals surface area contributed by atoms with Gasteiger partial charge in [0.1, 0.15) is 34.1 Å². The Labute approximate surface area is 379 Å². The number of alkyl halides is 1. The molecule has 1 unspecified atom stereocenters. The second-order valence-corrected chi connectivity index (χ2v) is 17.8. The first kappa shape index (κ1) is 44.7. The molecule has 0 aliphatic rings. The van der Waals surface area contributed by atoms with E-state index in [9.17, 15) is 5.11 Å². The lowest BCUT2D eigenvalue weighted by Crippen LogP contribution is -2.32. The summed E-state index contributed by atoms with van der Waals surface area (Å²) in [6.45, 7) is -0.604. The van der Waals surface area contributed by atoms with Crippen LogP contribution in [0.2, 0.25) is 0 Å². The third kappa shape index (κ3) is 9.78. The number of fused-ring (bicyclic) bond motifs is 1. The predicted molar refractivity (Wildman–Crippen MR) is 248 cm³/mol. The number of aliphatic hydroxyl groups is 1. The molecule has 0 saturated carbocycles. The Balaban J connectivity index is 1.33. The van der Waals surface area contributed by atoms with Crippen molar-refractivity contribution < 1.29 is 36.9 Å². The highest BCUT2D eigenvalue weighted by atomic mass is 32.2. The second-order valence-electron chi connectivity index (χ2n) is 14.9. The number of hydrogen-bond acceptors (Lipinski definition) is 13. The van der Waals surface area contributed by atoms with Crippen LogP contribution < -0.4 is 24.3 Å². The Hall–Kier alpha value is -6.92. The minimum Gasteiger partial charge on any atom is -0.497 e. The standard InChI is InChI=1S/C48H46FN7O7S2/c1-60-35-16-8-31(9-17-35)26-50-48-51-45-40(6-5-7-43(45)64-48)39-24-25-41(42(49)30-57)46(44(39)47-52-53-54-56(47)29-34-14-22-38(63-4)23-15-34)65(58,59)55(27-32-10-18-36(61-2)19-11-32)28-33-12-20-37(62-3)21-13-33/h5-25,42,57H,26-30H2,1-4H3,(H,50,51). The van der Waals surface area contributed by atoms with E-state index in [4.69, 9.17) is 23.9 Å². The highest BCUT2D eigenvalue weighted by Crippen LogP contribution is 2.45. The van der Waals surface area contributed by atoms with E-state index >= 15 is 12.8 Å². The van der Waals surface area contributed by atoms with Crippen LogP contribution in [0, 0.1) is 0 Å². The van der Waals surface area contributed by atoms with Gasteiger partial charge < -0.3 is 29.4 Å². The Bertz CT molecular complexity index is 2940. The van der Waals surface area contributed by atoms with Gasteiger partial charge in [-0.3, -0.25) is 0 Å². The van der Waals surface area contributed by atoms with Gasteiger partial charge >= 0.3 is 0 Å². The number of anilines is 1. The zero-order valence-electron chi connectivity index (χ0n) is 36.0. The molecule has 65 heavy (non-hydrogen) atoms. The lowest BCUT2D eigenvalue weighted by molar-refractivity contribution is 0.177. The molecule has 0 saturated heterocycles. The molecule has 0 spiro atoms. The number of para-hydroxylation sites is 1. The van der Waals surface area contributed by atoms with Crippen molar-refractivity contribution in [2.75, 3.05) is 40.4 Å². The number of tetrazole rings is 1. The topological polar surface area (TPSA) is 163 Å². The average molecular weight is 916 g/mol. The third-order valence-corrected chi connectivity index (χ3v) is 13.8. The van der Waals surface area contributed by atoms with Crippen LogP contribution >= 0.6 is 11.3 Å². The molecule has 1 atom stereocenters. The molecule has 0 radical (unpaired) electrons. The first-order chi connectivity index (χ1) is 31.6. The van der Waals surface area contributed by atoms with Crippen LogP contribution in [0.4, 0.5) is 9.52 Å². The Morgan fingerprint density at radius 2 is 1.25 bits per heavy atom. The largest absolute Gasteiger partial charge is 0.497 e. The molecule has 0 fully saturated rings. The fourth-order valence-electron chi connectivity index (χ4n) is 7.45. The molecule has 2 aromatic heterocycles. The number of halogens is 1. The van der Waals surface area contributed by atoms with Crippen molar-refractivity contribution in [2.45, 2.75) is 37.2 Å². The number of ether oxygens (including phenoxy) is 4. The Morgan fingerprint density at radius 3 is 1.78 bits per heavy atom. The first-order valence-corrected chi connectivity index (χ1v) is 22.7. The molecule has 0 aliphatic carbocycles. The monoisotopic (exact) mass is 915 g/mol. The van der Waals surface area contributed by atoms with E-state index in [0.717, 1.165) is 21.6 Å². The molecule has 2 heterocycles. The lowest BCUT2D eigenvalue weighted by Gasteiger charge is -2.27. The van der Waals surface area contributed by atoms with Gasteiger partial charge in [-0.15, -0.1) is 5.10 Å². The minimum atomic E-state index is -4.74. The van der Waals surface area contributed by atoms with E-state index in [0.29, 0.717) is 56.7 Å². The summed E-state index contributed by atoms with van der Waals surface area (Å²) < 4.78 is 73.3. The van der Waals surface area contributed by atoms with Crippen LogP contribution in [0.1, 0.15) is 34.0 Å². The Kier molecular flexibility index (Phi) is 13.6. The summed E-state index contributed by atoms with van der Waals surface area (Å²) in [6, 6.07) is 37.8. The molecule has 0 aliphatic heterocycles. The summed E-state index contributed by atoms with van der Waals surface area (Å²) >= 11 is 1.44. The van der Waals surface area contributed by atoms with E-state index in [1.807, 2.05) is 54.6 Å². The second kappa shape index (κ2) is 19.9. The summed E-state index contributed by atoms with van der Waals surface area (Å²) in [5, 5.41) is 27.3. The van der Waals surface area contributed by atoms with Crippen LogP contribution in [0.5, 0.6) is 23.0 Å². The van der Waals surface area contributed by atoms with Gasteiger partial charge in [0.25, 0.3) is 0 Å². The van der Waals surface area contributed by atoms with Crippen LogP contribution in [-0.2, 0) is 36.2 Å².